The van der Waals surface area contributed by atoms with Gasteiger partial charge in [0, 0.05) is 18.0 Å². The summed E-state index contributed by atoms with van der Waals surface area (Å²) >= 11 is 1.70. The number of thiophene rings is 1. The fraction of sp³-hybridized carbons (Fsp3) is 0.357. The maximum absolute atomic E-state index is 14.4. The molecule has 2 aromatic carbocycles. The van der Waals surface area contributed by atoms with Gasteiger partial charge in [-0.15, -0.1) is 11.3 Å². The molecule has 2 amide bonds. The predicted molar refractivity (Wildman–Crippen MR) is 134 cm³/mol. The molecule has 0 bridgehead atoms. The highest BCUT2D eigenvalue weighted by molar-refractivity contribution is 7.10. The predicted octanol–water partition coefficient (Wildman–Crippen LogP) is 5.25. The molecular weight excluding hydrogens is 463 g/mol. The minimum atomic E-state index is -0.559. The van der Waals surface area contributed by atoms with E-state index in [0.717, 1.165) is 36.1 Å². The summed E-state index contributed by atoms with van der Waals surface area (Å²) in [5, 5.41) is 2.06. The normalized spacial score (nSPS) is 17.1. The van der Waals surface area contributed by atoms with Crippen molar-refractivity contribution in [2.45, 2.75) is 32.2 Å². The van der Waals surface area contributed by atoms with Gasteiger partial charge < -0.3 is 14.5 Å². The Labute approximate surface area is 209 Å². The van der Waals surface area contributed by atoms with Gasteiger partial charge in [-0.1, -0.05) is 30.3 Å². The first kappa shape index (κ1) is 23.5. The van der Waals surface area contributed by atoms with Crippen LogP contribution in [0.3, 0.4) is 0 Å². The zero-order chi connectivity index (χ0) is 24.4. The van der Waals surface area contributed by atoms with Gasteiger partial charge in [-0.2, -0.15) is 0 Å². The minimum Gasteiger partial charge on any atom is -0.491 e. The van der Waals surface area contributed by atoms with E-state index in [1.165, 1.54) is 21.9 Å². The first-order valence-electron chi connectivity index (χ1n) is 12.1. The van der Waals surface area contributed by atoms with Crippen molar-refractivity contribution in [3.8, 4) is 5.75 Å². The van der Waals surface area contributed by atoms with E-state index in [0.29, 0.717) is 25.6 Å². The van der Waals surface area contributed by atoms with Gasteiger partial charge in [-0.3, -0.25) is 9.59 Å². The first-order chi connectivity index (χ1) is 17.0. The average molecular weight is 493 g/mol. The molecule has 0 spiro atoms. The van der Waals surface area contributed by atoms with E-state index in [-0.39, 0.29) is 24.1 Å². The third-order valence-electron chi connectivity index (χ3n) is 6.80. The Balaban J connectivity index is 1.36. The van der Waals surface area contributed by atoms with Gasteiger partial charge in [-0.05, 0) is 72.9 Å². The summed E-state index contributed by atoms with van der Waals surface area (Å²) in [6.07, 6.45) is 2.84. The van der Waals surface area contributed by atoms with Crippen LogP contribution >= 0.6 is 11.3 Å². The summed E-state index contributed by atoms with van der Waals surface area (Å²) in [6, 6.07) is 15.7. The molecule has 5 nitrogen and oxygen atoms in total. The maximum atomic E-state index is 14.4. The Hall–Kier alpha value is -3.19. The number of nitrogens with zero attached hydrogens (tertiary/aromatic N) is 2. The number of carbonyl (C=O) groups is 2. The van der Waals surface area contributed by atoms with Gasteiger partial charge in [-0.25, -0.2) is 4.39 Å². The Morgan fingerprint density at radius 3 is 2.66 bits per heavy atom. The lowest BCUT2D eigenvalue weighted by Crippen LogP contribution is -2.48. The smallest absolute Gasteiger partial charge is 0.257 e. The molecule has 5 rings (SSSR count). The maximum Gasteiger partial charge on any atom is 0.257 e. The topological polar surface area (TPSA) is 49.9 Å². The fourth-order valence-electron chi connectivity index (χ4n) is 4.65. The van der Waals surface area contributed by atoms with E-state index in [1.807, 2.05) is 36.1 Å². The van der Waals surface area contributed by atoms with Crippen LogP contribution < -0.4 is 4.74 Å². The van der Waals surface area contributed by atoms with Crippen molar-refractivity contribution in [3.63, 3.8) is 0 Å². The minimum absolute atomic E-state index is 0.0131. The monoisotopic (exact) mass is 492 g/mol. The SMILES string of the molecule is Cc1ccccc1OC[C@H]1c2ccsc2CCN1C(=O)CN(CC1CC1)C(=O)c1ccccc1F. The molecule has 0 N–H and O–H groups in total. The molecule has 0 unspecified atom stereocenters. The number of aryl methyl sites for hydroxylation is 1. The number of ether oxygens (including phenoxy) is 1. The Morgan fingerprint density at radius 1 is 1.11 bits per heavy atom. The van der Waals surface area contributed by atoms with Crippen molar-refractivity contribution in [2.75, 3.05) is 26.2 Å². The van der Waals surface area contributed by atoms with E-state index >= 15 is 0 Å². The van der Waals surface area contributed by atoms with Gasteiger partial charge in [0.05, 0.1) is 11.6 Å². The van der Waals surface area contributed by atoms with Crippen LogP contribution in [0.5, 0.6) is 5.75 Å². The number of hydrogen-bond donors (Lipinski definition) is 0. The van der Waals surface area contributed by atoms with E-state index in [1.54, 1.807) is 23.5 Å². The summed E-state index contributed by atoms with van der Waals surface area (Å²) in [6.45, 7) is 3.31. The van der Waals surface area contributed by atoms with E-state index < -0.39 is 11.7 Å². The second kappa shape index (κ2) is 10.2. The molecule has 1 aromatic heterocycles. The number of halogens is 1. The molecule has 35 heavy (non-hydrogen) atoms. The number of benzene rings is 2. The van der Waals surface area contributed by atoms with Gasteiger partial charge >= 0.3 is 0 Å². The first-order valence-corrected chi connectivity index (χ1v) is 13.0. The molecule has 7 heteroatoms. The van der Waals surface area contributed by atoms with E-state index in [4.69, 9.17) is 4.74 Å². The van der Waals surface area contributed by atoms with Gasteiger partial charge in [0.25, 0.3) is 5.91 Å². The summed E-state index contributed by atoms with van der Waals surface area (Å²) < 4.78 is 20.5. The molecular formula is C28H29FN2O3S. The van der Waals surface area contributed by atoms with Gasteiger partial charge in [0.1, 0.15) is 24.7 Å². The van der Waals surface area contributed by atoms with Gasteiger partial charge in [0.2, 0.25) is 5.91 Å². The second-order valence-electron chi connectivity index (χ2n) is 9.34. The largest absolute Gasteiger partial charge is 0.491 e. The zero-order valence-corrected chi connectivity index (χ0v) is 20.6. The quantitative estimate of drug-likeness (QED) is 0.431. The highest BCUT2D eigenvalue weighted by Crippen LogP contribution is 2.35. The van der Waals surface area contributed by atoms with Crippen molar-refractivity contribution in [2.24, 2.45) is 5.92 Å². The second-order valence-corrected chi connectivity index (χ2v) is 10.3. The number of carbonyl (C=O) groups excluding carboxylic acids is 2. The van der Waals surface area contributed by atoms with Gasteiger partial charge in [0.15, 0.2) is 0 Å². The summed E-state index contributed by atoms with van der Waals surface area (Å²) in [5.74, 6) is 0.0573. The number of amides is 2. The molecule has 3 aromatic rings. The van der Waals surface area contributed by atoms with Crippen molar-refractivity contribution in [1.82, 2.24) is 9.80 Å². The summed E-state index contributed by atoms with van der Waals surface area (Å²) in [7, 11) is 0. The van der Waals surface area contributed by atoms with E-state index in [2.05, 4.69) is 11.4 Å². The van der Waals surface area contributed by atoms with Crippen LogP contribution in [0, 0.1) is 18.7 Å². The molecule has 1 aliphatic heterocycles. The molecule has 2 heterocycles. The highest BCUT2D eigenvalue weighted by atomic mass is 32.1. The third-order valence-corrected chi connectivity index (χ3v) is 7.80. The standard InChI is InChI=1S/C28H29FN2O3S/c1-19-6-2-5-9-25(19)34-18-24-22-13-15-35-26(22)12-14-31(24)27(32)17-30(16-20-10-11-20)28(33)21-7-3-4-8-23(21)29/h2-9,13,15,20,24H,10-12,14,16-18H2,1H3/t24-/m0/s1. The van der Waals surface area contributed by atoms with Crippen molar-refractivity contribution in [1.29, 1.82) is 0 Å². The summed E-state index contributed by atoms with van der Waals surface area (Å²) in [5.41, 5.74) is 2.16. The highest BCUT2D eigenvalue weighted by Gasteiger charge is 2.35. The van der Waals surface area contributed by atoms with Crippen molar-refractivity contribution < 1.29 is 18.7 Å². The molecule has 1 atom stereocenters. The van der Waals surface area contributed by atoms with Crippen LogP contribution in [0.2, 0.25) is 0 Å². The van der Waals surface area contributed by atoms with Crippen LogP contribution in [-0.2, 0) is 11.2 Å². The van der Waals surface area contributed by atoms with Crippen LogP contribution in [0.4, 0.5) is 4.39 Å². The lowest BCUT2D eigenvalue weighted by atomic mass is 10.00. The van der Waals surface area contributed by atoms with Crippen LogP contribution in [0.1, 0.15) is 45.2 Å². The molecule has 0 saturated heterocycles. The lowest BCUT2D eigenvalue weighted by molar-refractivity contribution is -0.135. The molecule has 1 fully saturated rings. The Bertz CT molecular complexity index is 1220. The molecule has 2 aliphatic rings. The average Bonchev–Trinajstić information content (AvgIpc) is 3.55. The zero-order valence-electron chi connectivity index (χ0n) is 19.8. The van der Waals surface area contributed by atoms with E-state index in [9.17, 15) is 14.0 Å². The molecule has 182 valence electrons. The van der Waals surface area contributed by atoms with Crippen LogP contribution in [-0.4, -0.2) is 47.9 Å². The Morgan fingerprint density at radius 2 is 1.89 bits per heavy atom. The molecule has 1 aliphatic carbocycles. The van der Waals surface area contributed by atoms with Crippen LogP contribution in [0.15, 0.2) is 60.0 Å². The molecule has 1 saturated carbocycles. The number of hydrogen-bond acceptors (Lipinski definition) is 4. The number of fused-ring (bicyclic) bond motifs is 1. The Kier molecular flexibility index (Phi) is 6.86. The number of rotatable bonds is 8. The third kappa shape index (κ3) is 5.25. The summed E-state index contributed by atoms with van der Waals surface area (Å²) in [4.78, 5) is 31.5. The van der Waals surface area contributed by atoms with Crippen LogP contribution in [0.25, 0.3) is 0 Å². The molecule has 0 radical (unpaired) electrons. The lowest BCUT2D eigenvalue weighted by Gasteiger charge is -2.37. The van der Waals surface area contributed by atoms with Crippen molar-refractivity contribution in [3.05, 3.63) is 87.4 Å². The fourth-order valence-corrected chi connectivity index (χ4v) is 5.58. The van der Waals surface area contributed by atoms with Crippen molar-refractivity contribution >= 4 is 23.2 Å². The number of para-hydroxylation sites is 1.